The van der Waals surface area contributed by atoms with Gasteiger partial charge in [0.1, 0.15) is 18.5 Å². The molecule has 3 aromatic carbocycles. The largest absolute Gasteiger partial charge is 0.493 e. The number of thioether (sulfide) groups is 1. The molecule has 1 atom stereocenters. The molecule has 0 saturated carbocycles. The molecule has 1 saturated heterocycles. The van der Waals surface area contributed by atoms with Gasteiger partial charge in [-0.2, -0.15) is 11.8 Å². The number of carbonyl (C=O) groups excluding carboxylic acids is 1. The van der Waals surface area contributed by atoms with Crippen molar-refractivity contribution in [3.8, 4) is 11.5 Å². The van der Waals surface area contributed by atoms with E-state index in [1.807, 2.05) is 77.3 Å². The minimum atomic E-state index is -0.771. The Morgan fingerprint density at radius 3 is 2.37 bits per heavy atom. The van der Waals surface area contributed by atoms with Gasteiger partial charge in [-0.15, -0.1) is 0 Å². The van der Waals surface area contributed by atoms with Crippen LogP contribution >= 0.6 is 11.8 Å². The summed E-state index contributed by atoms with van der Waals surface area (Å²) in [5, 5.41) is 7.71. The lowest BCUT2D eigenvalue weighted by Crippen LogP contribution is -2.37. The summed E-state index contributed by atoms with van der Waals surface area (Å²) in [7, 11) is 1.59. The first-order valence-corrected chi connectivity index (χ1v) is 13.8. The molecule has 0 bridgehead atoms. The molecule has 38 heavy (non-hydrogen) atoms. The molecule has 200 valence electrons. The Morgan fingerprint density at radius 1 is 1.03 bits per heavy atom. The third-order valence-corrected chi connectivity index (χ3v) is 7.50. The molecule has 0 aliphatic carbocycles. The summed E-state index contributed by atoms with van der Waals surface area (Å²) in [4.78, 5) is 17.3. The van der Waals surface area contributed by atoms with Crippen molar-refractivity contribution in [3.63, 3.8) is 0 Å². The van der Waals surface area contributed by atoms with E-state index in [1.165, 1.54) is 0 Å². The monoisotopic (exact) mass is 533 g/mol. The highest BCUT2D eigenvalue weighted by Crippen LogP contribution is 2.35. The quantitative estimate of drug-likeness (QED) is 0.240. The molecule has 3 aromatic rings. The summed E-state index contributed by atoms with van der Waals surface area (Å²) in [5.74, 6) is 2.99. The number of methoxy groups -OCH3 is 1. The highest BCUT2D eigenvalue weighted by atomic mass is 32.2. The van der Waals surface area contributed by atoms with Crippen LogP contribution in [-0.2, 0) is 11.3 Å². The number of nitrogens with two attached hydrogens (primary N) is 2. The number of ether oxygens (including phenoxy) is 2. The van der Waals surface area contributed by atoms with E-state index in [4.69, 9.17) is 26.4 Å². The molecule has 0 aromatic heterocycles. The van der Waals surface area contributed by atoms with E-state index in [2.05, 4.69) is 4.90 Å². The number of primary amides is 1. The van der Waals surface area contributed by atoms with Crippen LogP contribution in [0.2, 0.25) is 0 Å². The Hall–Kier alpha value is -3.69. The maximum absolute atomic E-state index is 13.0. The van der Waals surface area contributed by atoms with E-state index in [9.17, 15) is 4.79 Å². The van der Waals surface area contributed by atoms with Gasteiger partial charge in [0.25, 0.3) is 0 Å². The fourth-order valence-corrected chi connectivity index (χ4v) is 5.50. The van der Waals surface area contributed by atoms with E-state index in [0.717, 1.165) is 42.4 Å². The highest BCUT2D eigenvalue weighted by molar-refractivity contribution is 7.99. The van der Waals surface area contributed by atoms with Crippen LogP contribution in [0.15, 0.2) is 72.8 Å². The van der Waals surface area contributed by atoms with Crippen LogP contribution in [-0.4, -0.2) is 61.5 Å². The third-order valence-electron chi connectivity index (χ3n) is 6.56. The van der Waals surface area contributed by atoms with Gasteiger partial charge in [0.2, 0.25) is 5.91 Å². The predicted molar refractivity (Wildman–Crippen MR) is 154 cm³/mol. The molecule has 9 heteroatoms. The molecule has 1 aliphatic rings. The molecule has 8 nitrogen and oxygen atoms in total. The third kappa shape index (κ3) is 6.99. The Morgan fingerprint density at radius 2 is 1.74 bits per heavy atom. The van der Waals surface area contributed by atoms with Gasteiger partial charge in [-0.25, -0.2) is 0 Å². The van der Waals surface area contributed by atoms with Gasteiger partial charge in [-0.3, -0.25) is 15.1 Å². The van der Waals surface area contributed by atoms with Crippen LogP contribution in [0.25, 0.3) is 0 Å². The second-order valence-corrected chi connectivity index (χ2v) is 10.3. The van der Waals surface area contributed by atoms with Crippen LogP contribution in [0.5, 0.6) is 11.5 Å². The summed E-state index contributed by atoms with van der Waals surface area (Å²) in [6.45, 7) is 4.02. The van der Waals surface area contributed by atoms with Crippen LogP contribution in [0, 0.1) is 5.41 Å². The summed E-state index contributed by atoms with van der Waals surface area (Å²) in [6, 6.07) is 21.9. The van der Waals surface area contributed by atoms with E-state index >= 15 is 0 Å². The number of nitrogens with zero attached hydrogens (tertiary/aromatic N) is 2. The smallest absolute Gasteiger partial charge is 0.244 e. The van der Waals surface area contributed by atoms with E-state index in [-0.39, 0.29) is 5.84 Å². The lowest BCUT2D eigenvalue weighted by atomic mass is 10.0. The molecule has 4 rings (SSSR count). The van der Waals surface area contributed by atoms with Crippen LogP contribution in [0.4, 0.5) is 5.69 Å². The minimum Gasteiger partial charge on any atom is -0.493 e. The number of hydrogen-bond acceptors (Lipinski definition) is 7. The molecule has 1 fully saturated rings. The SMILES string of the molecule is COc1cc(C(C(N)=O)N(Cc2ccccc2)c2ccc(C(=N)N)cc2)ccc1OCCN1CCSCC1. The van der Waals surface area contributed by atoms with Gasteiger partial charge in [-0.05, 0) is 47.5 Å². The number of rotatable bonds is 12. The normalized spacial score (nSPS) is 14.4. The molecule has 5 N–H and O–H groups in total. The summed E-state index contributed by atoms with van der Waals surface area (Å²) in [5.41, 5.74) is 14.8. The summed E-state index contributed by atoms with van der Waals surface area (Å²) < 4.78 is 11.7. The molecule has 1 heterocycles. The van der Waals surface area contributed by atoms with Crippen LogP contribution in [0.1, 0.15) is 22.7 Å². The van der Waals surface area contributed by atoms with Crippen molar-refractivity contribution in [3.05, 3.63) is 89.5 Å². The first-order chi connectivity index (χ1) is 18.5. The number of amides is 1. The van der Waals surface area contributed by atoms with Crippen molar-refractivity contribution in [2.45, 2.75) is 12.6 Å². The average molecular weight is 534 g/mol. The zero-order chi connectivity index (χ0) is 26.9. The zero-order valence-corrected chi connectivity index (χ0v) is 22.5. The molecule has 1 unspecified atom stereocenters. The predicted octanol–water partition coefficient (Wildman–Crippen LogP) is 3.64. The fourth-order valence-electron chi connectivity index (χ4n) is 4.53. The number of carbonyl (C=O) groups is 1. The van der Waals surface area contributed by atoms with Gasteiger partial charge in [0.05, 0.1) is 7.11 Å². The molecule has 0 spiro atoms. The Bertz CT molecular complexity index is 1220. The van der Waals surface area contributed by atoms with Crippen molar-refractivity contribution >= 4 is 29.2 Å². The second kappa shape index (κ2) is 13.2. The molecular formula is C29H35N5O3S. The number of hydrogen-bond donors (Lipinski definition) is 3. The van der Waals surface area contributed by atoms with Crippen LogP contribution < -0.4 is 25.8 Å². The lowest BCUT2D eigenvalue weighted by molar-refractivity contribution is -0.119. The van der Waals surface area contributed by atoms with Gasteiger partial charge >= 0.3 is 0 Å². The number of nitrogen functional groups attached to an aromatic ring is 1. The second-order valence-electron chi connectivity index (χ2n) is 9.09. The maximum Gasteiger partial charge on any atom is 0.244 e. The van der Waals surface area contributed by atoms with Crippen molar-refractivity contribution in [2.75, 3.05) is 49.8 Å². The summed E-state index contributed by atoms with van der Waals surface area (Å²) >= 11 is 1.98. The highest BCUT2D eigenvalue weighted by Gasteiger charge is 2.28. The van der Waals surface area contributed by atoms with Gasteiger partial charge < -0.3 is 25.8 Å². The number of amidine groups is 1. The van der Waals surface area contributed by atoms with Gasteiger partial charge in [-0.1, -0.05) is 36.4 Å². The maximum atomic E-state index is 13.0. The van der Waals surface area contributed by atoms with Crippen LogP contribution in [0.3, 0.4) is 0 Å². The van der Waals surface area contributed by atoms with Crippen molar-refractivity contribution in [1.82, 2.24) is 4.90 Å². The van der Waals surface area contributed by atoms with E-state index < -0.39 is 11.9 Å². The zero-order valence-electron chi connectivity index (χ0n) is 21.6. The Balaban J connectivity index is 1.61. The van der Waals surface area contributed by atoms with Gasteiger partial charge in [0.15, 0.2) is 11.5 Å². The topological polar surface area (TPSA) is 118 Å². The van der Waals surface area contributed by atoms with Gasteiger partial charge in [0, 0.05) is 48.9 Å². The molecule has 1 aliphatic heterocycles. The Kier molecular flexibility index (Phi) is 9.51. The average Bonchev–Trinajstić information content (AvgIpc) is 2.94. The van der Waals surface area contributed by atoms with Crippen molar-refractivity contribution in [2.24, 2.45) is 11.5 Å². The van der Waals surface area contributed by atoms with Crippen molar-refractivity contribution in [1.29, 1.82) is 5.41 Å². The Labute approximate surface area is 228 Å². The number of nitrogens with one attached hydrogen (secondary N) is 1. The lowest BCUT2D eigenvalue weighted by Gasteiger charge is -2.33. The van der Waals surface area contributed by atoms with Crippen molar-refractivity contribution < 1.29 is 14.3 Å². The molecular weight excluding hydrogens is 498 g/mol. The first-order valence-electron chi connectivity index (χ1n) is 12.6. The fraction of sp³-hybridized carbons (Fsp3) is 0.310. The first kappa shape index (κ1) is 27.3. The van der Waals surface area contributed by atoms with E-state index in [1.54, 1.807) is 19.2 Å². The van der Waals surface area contributed by atoms with E-state index in [0.29, 0.717) is 35.8 Å². The number of benzene rings is 3. The summed E-state index contributed by atoms with van der Waals surface area (Å²) in [6.07, 6.45) is 0. The number of anilines is 1. The molecule has 1 amide bonds. The standard InChI is InChI=1S/C29H35N5O3S/c1-36-26-19-23(9-12-25(26)37-16-13-33-14-17-38-18-15-33)27(29(32)35)34(20-21-5-3-2-4-6-21)24-10-7-22(8-11-24)28(30)31/h2-12,19,27H,13-18,20H2,1H3,(H3,30,31)(H2,32,35). The molecule has 0 radical (unpaired) electrons. The minimum absolute atomic E-state index is 0.0166.